The lowest BCUT2D eigenvalue weighted by molar-refractivity contribution is -0.122. The van der Waals surface area contributed by atoms with E-state index < -0.39 is 0 Å². The van der Waals surface area contributed by atoms with E-state index in [0.717, 1.165) is 17.7 Å². The molecule has 0 saturated heterocycles. The monoisotopic (exact) mass is 190 g/mol. The SMILES string of the molecule is COc1cccc2c1CC(=O)C(C)C2. The van der Waals surface area contributed by atoms with Gasteiger partial charge in [0.25, 0.3) is 0 Å². The Morgan fingerprint density at radius 2 is 2.21 bits per heavy atom. The molecule has 0 aromatic heterocycles. The highest BCUT2D eigenvalue weighted by Crippen LogP contribution is 2.29. The van der Waals surface area contributed by atoms with Crippen LogP contribution in [0.4, 0.5) is 0 Å². The summed E-state index contributed by atoms with van der Waals surface area (Å²) in [6, 6.07) is 5.99. The largest absolute Gasteiger partial charge is 0.496 e. The lowest BCUT2D eigenvalue weighted by Gasteiger charge is -2.22. The van der Waals surface area contributed by atoms with Crippen LogP contribution >= 0.6 is 0 Å². The summed E-state index contributed by atoms with van der Waals surface area (Å²) in [6.45, 7) is 1.99. The molecule has 0 heterocycles. The molecule has 2 heteroatoms. The summed E-state index contributed by atoms with van der Waals surface area (Å²) in [7, 11) is 1.65. The van der Waals surface area contributed by atoms with Crippen LogP contribution in [0.3, 0.4) is 0 Å². The first kappa shape index (κ1) is 9.25. The predicted octanol–water partition coefficient (Wildman–Crippen LogP) is 2.00. The van der Waals surface area contributed by atoms with Crippen molar-refractivity contribution in [3.63, 3.8) is 0 Å². The van der Waals surface area contributed by atoms with Crippen LogP contribution < -0.4 is 4.74 Å². The first-order valence-electron chi connectivity index (χ1n) is 4.90. The predicted molar refractivity (Wildman–Crippen MR) is 54.6 cm³/mol. The molecule has 2 nitrogen and oxygen atoms in total. The quantitative estimate of drug-likeness (QED) is 0.677. The summed E-state index contributed by atoms with van der Waals surface area (Å²) in [5.74, 6) is 1.33. The number of Topliss-reactive ketones (excluding diaryl/α,β-unsaturated/α-hetero) is 1. The number of benzene rings is 1. The van der Waals surface area contributed by atoms with E-state index in [1.165, 1.54) is 5.56 Å². The molecule has 1 aliphatic carbocycles. The van der Waals surface area contributed by atoms with Gasteiger partial charge in [0.15, 0.2) is 0 Å². The molecule has 1 atom stereocenters. The Balaban J connectivity index is 2.46. The topological polar surface area (TPSA) is 26.3 Å². The average Bonchev–Trinajstić information content (AvgIpc) is 2.19. The lowest BCUT2D eigenvalue weighted by Crippen LogP contribution is -2.23. The highest BCUT2D eigenvalue weighted by atomic mass is 16.5. The molecule has 1 aromatic rings. The molecule has 1 aliphatic rings. The number of methoxy groups -OCH3 is 1. The first-order chi connectivity index (χ1) is 6.72. The molecule has 0 amide bonds. The van der Waals surface area contributed by atoms with Crippen LogP contribution in [0.1, 0.15) is 18.1 Å². The van der Waals surface area contributed by atoms with Crippen molar-refractivity contribution < 1.29 is 9.53 Å². The second kappa shape index (κ2) is 3.45. The van der Waals surface area contributed by atoms with E-state index in [9.17, 15) is 4.79 Å². The molecule has 0 spiro atoms. The third kappa shape index (κ3) is 1.41. The minimum absolute atomic E-state index is 0.162. The van der Waals surface area contributed by atoms with Gasteiger partial charge in [-0.05, 0) is 18.1 Å². The summed E-state index contributed by atoms with van der Waals surface area (Å²) in [6.07, 6.45) is 1.38. The minimum Gasteiger partial charge on any atom is -0.496 e. The fourth-order valence-corrected chi connectivity index (χ4v) is 1.99. The van der Waals surface area contributed by atoms with Gasteiger partial charge in [0.05, 0.1) is 7.11 Å². The lowest BCUT2D eigenvalue weighted by atomic mass is 9.83. The Morgan fingerprint density at radius 3 is 2.93 bits per heavy atom. The molecule has 0 fully saturated rings. The van der Waals surface area contributed by atoms with Gasteiger partial charge in [-0.15, -0.1) is 0 Å². The summed E-state index contributed by atoms with van der Waals surface area (Å²) in [5.41, 5.74) is 2.34. The number of carbonyl (C=O) groups excluding carboxylic acids is 1. The highest BCUT2D eigenvalue weighted by molar-refractivity contribution is 5.86. The van der Waals surface area contributed by atoms with E-state index in [2.05, 4.69) is 6.07 Å². The van der Waals surface area contributed by atoms with Crippen molar-refractivity contribution in [1.82, 2.24) is 0 Å². The van der Waals surface area contributed by atoms with Gasteiger partial charge >= 0.3 is 0 Å². The standard InChI is InChI=1S/C12H14O2/c1-8-6-9-4-3-5-12(14-2)10(9)7-11(8)13/h3-5,8H,6-7H2,1-2H3. The van der Waals surface area contributed by atoms with E-state index >= 15 is 0 Å². The molecule has 0 aliphatic heterocycles. The van der Waals surface area contributed by atoms with Gasteiger partial charge in [0, 0.05) is 17.9 Å². The van der Waals surface area contributed by atoms with Crippen molar-refractivity contribution in [3.05, 3.63) is 29.3 Å². The van der Waals surface area contributed by atoms with Crippen molar-refractivity contribution in [2.24, 2.45) is 5.92 Å². The molecule has 74 valence electrons. The molecule has 0 N–H and O–H groups in total. The average molecular weight is 190 g/mol. The molecular weight excluding hydrogens is 176 g/mol. The van der Waals surface area contributed by atoms with Crippen molar-refractivity contribution in [2.45, 2.75) is 19.8 Å². The summed E-state index contributed by atoms with van der Waals surface area (Å²) >= 11 is 0. The van der Waals surface area contributed by atoms with Crippen LogP contribution in [0.2, 0.25) is 0 Å². The van der Waals surface area contributed by atoms with Gasteiger partial charge < -0.3 is 4.74 Å². The number of carbonyl (C=O) groups is 1. The Hall–Kier alpha value is -1.31. The van der Waals surface area contributed by atoms with Gasteiger partial charge in [-0.3, -0.25) is 4.79 Å². The number of hydrogen-bond acceptors (Lipinski definition) is 2. The second-order valence-corrected chi connectivity index (χ2v) is 3.85. The zero-order chi connectivity index (χ0) is 10.1. The maximum absolute atomic E-state index is 11.6. The van der Waals surface area contributed by atoms with Crippen LogP contribution in [0.5, 0.6) is 5.75 Å². The smallest absolute Gasteiger partial charge is 0.140 e. The summed E-state index contributed by atoms with van der Waals surface area (Å²) < 4.78 is 5.24. The molecule has 1 unspecified atom stereocenters. The zero-order valence-corrected chi connectivity index (χ0v) is 8.54. The van der Waals surface area contributed by atoms with Crippen molar-refractivity contribution in [2.75, 3.05) is 7.11 Å². The zero-order valence-electron chi connectivity index (χ0n) is 8.54. The van der Waals surface area contributed by atoms with E-state index in [1.807, 2.05) is 19.1 Å². The van der Waals surface area contributed by atoms with Crippen LogP contribution in [-0.4, -0.2) is 12.9 Å². The number of rotatable bonds is 1. The van der Waals surface area contributed by atoms with Crippen molar-refractivity contribution >= 4 is 5.78 Å². The molecule has 2 rings (SSSR count). The van der Waals surface area contributed by atoms with E-state index in [-0.39, 0.29) is 5.92 Å². The van der Waals surface area contributed by atoms with Crippen LogP contribution in [0.25, 0.3) is 0 Å². The van der Waals surface area contributed by atoms with Gasteiger partial charge in [-0.25, -0.2) is 0 Å². The van der Waals surface area contributed by atoms with Crippen LogP contribution in [0, 0.1) is 5.92 Å². The molecule has 0 saturated carbocycles. The van der Waals surface area contributed by atoms with E-state index in [0.29, 0.717) is 12.2 Å². The van der Waals surface area contributed by atoms with Crippen LogP contribution in [0.15, 0.2) is 18.2 Å². The summed E-state index contributed by atoms with van der Waals surface area (Å²) in [4.78, 5) is 11.6. The van der Waals surface area contributed by atoms with Gasteiger partial charge in [-0.1, -0.05) is 19.1 Å². The third-order valence-electron chi connectivity index (χ3n) is 2.88. The normalized spacial score (nSPS) is 20.4. The van der Waals surface area contributed by atoms with Gasteiger partial charge in [0.2, 0.25) is 0 Å². The third-order valence-corrected chi connectivity index (χ3v) is 2.88. The molecule has 14 heavy (non-hydrogen) atoms. The maximum Gasteiger partial charge on any atom is 0.140 e. The maximum atomic E-state index is 11.6. The minimum atomic E-state index is 0.162. The fourth-order valence-electron chi connectivity index (χ4n) is 1.99. The highest BCUT2D eigenvalue weighted by Gasteiger charge is 2.24. The second-order valence-electron chi connectivity index (χ2n) is 3.85. The molecule has 1 aromatic carbocycles. The molecule has 0 bridgehead atoms. The Morgan fingerprint density at radius 1 is 1.43 bits per heavy atom. The van der Waals surface area contributed by atoms with Crippen LogP contribution in [-0.2, 0) is 17.6 Å². The number of hydrogen-bond donors (Lipinski definition) is 0. The summed E-state index contributed by atoms with van der Waals surface area (Å²) in [5, 5.41) is 0. The van der Waals surface area contributed by atoms with E-state index in [1.54, 1.807) is 7.11 Å². The Kier molecular flexibility index (Phi) is 2.28. The number of fused-ring (bicyclic) bond motifs is 1. The molecule has 0 radical (unpaired) electrons. The van der Waals surface area contributed by atoms with Gasteiger partial charge in [0.1, 0.15) is 11.5 Å². The fraction of sp³-hybridized carbons (Fsp3) is 0.417. The van der Waals surface area contributed by atoms with E-state index in [4.69, 9.17) is 4.74 Å². The number of ether oxygens (including phenoxy) is 1. The van der Waals surface area contributed by atoms with Crippen molar-refractivity contribution in [3.8, 4) is 5.75 Å². The molecular formula is C12H14O2. The Labute approximate surface area is 83.9 Å². The Bertz CT molecular complexity index is 369. The first-order valence-corrected chi connectivity index (χ1v) is 4.90. The van der Waals surface area contributed by atoms with Gasteiger partial charge in [-0.2, -0.15) is 0 Å². The van der Waals surface area contributed by atoms with Crippen molar-refractivity contribution in [1.29, 1.82) is 0 Å². The number of ketones is 1.